The molecule has 1 saturated carbocycles. The molecule has 2 aromatic rings. The third-order valence-corrected chi connectivity index (χ3v) is 3.83. The molecule has 0 amide bonds. The maximum Gasteiger partial charge on any atom is 0.260 e. The Labute approximate surface area is 111 Å². The zero-order valence-corrected chi connectivity index (χ0v) is 10.9. The van der Waals surface area contributed by atoms with Crippen LogP contribution in [0.15, 0.2) is 28.8 Å². The predicted octanol–water partition coefficient (Wildman–Crippen LogP) is 2.73. The molecule has 1 aromatic heterocycles. The Hall–Kier alpha value is -1.88. The summed E-state index contributed by atoms with van der Waals surface area (Å²) in [5.74, 6) is 1.09. The lowest BCUT2D eigenvalue weighted by Gasteiger charge is -2.22. The average molecular weight is 259 g/mol. The Kier molecular flexibility index (Phi) is 2.98. The second-order valence-corrected chi connectivity index (χ2v) is 4.92. The van der Waals surface area contributed by atoms with E-state index in [0.717, 1.165) is 31.2 Å². The van der Waals surface area contributed by atoms with Crippen LogP contribution in [-0.4, -0.2) is 17.3 Å². The molecular formula is C14H17N3O2. The molecule has 19 heavy (non-hydrogen) atoms. The summed E-state index contributed by atoms with van der Waals surface area (Å²) in [5, 5.41) is 4.09. The van der Waals surface area contributed by atoms with Gasteiger partial charge in [0.15, 0.2) is 0 Å². The molecule has 0 atom stereocenters. The lowest BCUT2D eigenvalue weighted by Crippen LogP contribution is -2.25. The molecule has 1 aliphatic rings. The van der Waals surface area contributed by atoms with Gasteiger partial charge in [0.1, 0.15) is 5.60 Å². The largest absolute Gasteiger partial charge is 0.398 e. The molecule has 0 unspecified atom stereocenters. The van der Waals surface area contributed by atoms with Crippen LogP contribution in [0.25, 0.3) is 11.5 Å². The molecular weight excluding hydrogens is 242 g/mol. The van der Waals surface area contributed by atoms with Crippen molar-refractivity contribution >= 4 is 5.69 Å². The Morgan fingerprint density at radius 3 is 2.68 bits per heavy atom. The number of para-hydroxylation sites is 1. The highest BCUT2D eigenvalue weighted by molar-refractivity contribution is 5.69. The van der Waals surface area contributed by atoms with E-state index in [-0.39, 0.29) is 5.60 Å². The Bertz CT molecular complexity index is 574. The van der Waals surface area contributed by atoms with Gasteiger partial charge in [0.05, 0.1) is 5.56 Å². The quantitative estimate of drug-likeness (QED) is 0.858. The van der Waals surface area contributed by atoms with Gasteiger partial charge in [0, 0.05) is 12.8 Å². The highest BCUT2D eigenvalue weighted by Gasteiger charge is 2.40. The first-order valence-electron chi connectivity index (χ1n) is 6.49. The number of rotatable bonds is 3. The van der Waals surface area contributed by atoms with E-state index in [4.69, 9.17) is 15.0 Å². The Morgan fingerprint density at radius 2 is 2.00 bits per heavy atom. The van der Waals surface area contributed by atoms with E-state index < -0.39 is 0 Å². The summed E-state index contributed by atoms with van der Waals surface area (Å²) >= 11 is 0. The van der Waals surface area contributed by atoms with Gasteiger partial charge >= 0.3 is 0 Å². The number of hydrogen-bond acceptors (Lipinski definition) is 5. The first-order valence-corrected chi connectivity index (χ1v) is 6.49. The summed E-state index contributed by atoms with van der Waals surface area (Å²) in [6.45, 7) is 0. The molecule has 0 spiro atoms. The molecule has 3 rings (SSSR count). The van der Waals surface area contributed by atoms with Gasteiger partial charge in [0.2, 0.25) is 5.82 Å². The van der Waals surface area contributed by atoms with Crippen molar-refractivity contribution in [3.63, 3.8) is 0 Å². The summed E-state index contributed by atoms with van der Waals surface area (Å²) < 4.78 is 11.0. The van der Waals surface area contributed by atoms with E-state index in [1.165, 1.54) is 0 Å². The molecule has 0 aliphatic heterocycles. The number of aromatic nitrogens is 2. The van der Waals surface area contributed by atoms with Crippen molar-refractivity contribution < 1.29 is 9.26 Å². The smallest absolute Gasteiger partial charge is 0.260 e. The lowest BCUT2D eigenvalue weighted by molar-refractivity contribution is -0.0178. The number of methoxy groups -OCH3 is 1. The third kappa shape index (κ3) is 2.00. The van der Waals surface area contributed by atoms with E-state index >= 15 is 0 Å². The molecule has 1 heterocycles. The number of anilines is 1. The fourth-order valence-electron chi connectivity index (χ4n) is 2.67. The van der Waals surface area contributed by atoms with Gasteiger partial charge in [-0.15, -0.1) is 0 Å². The number of benzene rings is 1. The van der Waals surface area contributed by atoms with Gasteiger partial charge in [-0.3, -0.25) is 0 Å². The van der Waals surface area contributed by atoms with Crippen molar-refractivity contribution in [1.82, 2.24) is 10.1 Å². The van der Waals surface area contributed by atoms with Crippen LogP contribution >= 0.6 is 0 Å². The molecule has 100 valence electrons. The molecule has 1 aliphatic carbocycles. The van der Waals surface area contributed by atoms with Crippen LogP contribution in [0.4, 0.5) is 5.69 Å². The number of nitrogen functional groups attached to an aromatic ring is 1. The first kappa shape index (κ1) is 12.2. The van der Waals surface area contributed by atoms with Crippen molar-refractivity contribution in [2.45, 2.75) is 31.3 Å². The summed E-state index contributed by atoms with van der Waals surface area (Å²) in [4.78, 5) is 4.48. The van der Waals surface area contributed by atoms with E-state index in [1.807, 2.05) is 24.3 Å². The van der Waals surface area contributed by atoms with Crippen molar-refractivity contribution in [2.24, 2.45) is 0 Å². The Balaban J connectivity index is 1.98. The van der Waals surface area contributed by atoms with Gasteiger partial charge in [0.25, 0.3) is 5.89 Å². The van der Waals surface area contributed by atoms with Crippen LogP contribution in [0.5, 0.6) is 0 Å². The molecule has 1 fully saturated rings. The summed E-state index contributed by atoms with van der Waals surface area (Å²) in [6, 6.07) is 7.47. The number of nitrogens with two attached hydrogens (primary N) is 1. The van der Waals surface area contributed by atoms with Crippen LogP contribution in [0.1, 0.15) is 31.5 Å². The van der Waals surface area contributed by atoms with Gasteiger partial charge in [-0.2, -0.15) is 4.98 Å². The van der Waals surface area contributed by atoms with Crippen molar-refractivity contribution in [2.75, 3.05) is 12.8 Å². The molecule has 0 bridgehead atoms. The average Bonchev–Trinajstić information content (AvgIpc) is 3.09. The fourth-order valence-corrected chi connectivity index (χ4v) is 2.67. The van der Waals surface area contributed by atoms with Gasteiger partial charge in [-0.1, -0.05) is 17.3 Å². The molecule has 5 nitrogen and oxygen atoms in total. The summed E-state index contributed by atoms with van der Waals surface area (Å²) in [5.41, 5.74) is 6.94. The van der Waals surface area contributed by atoms with E-state index in [0.29, 0.717) is 17.4 Å². The minimum atomic E-state index is -0.384. The second-order valence-electron chi connectivity index (χ2n) is 4.92. The molecule has 0 saturated heterocycles. The summed E-state index contributed by atoms with van der Waals surface area (Å²) in [6.07, 6.45) is 4.13. The number of ether oxygens (including phenoxy) is 1. The van der Waals surface area contributed by atoms with E-state index in [1.54, 1.807) is 7.11 Å². The van der Waals surface area contributed by atoms with Crippen LogP contribution in [-0.2, 0) is 10.3 Å². The second kappa shape index (κ2) is 4.66. The van der Waals surface area contributed by atoms with Crippen LogP contribution in [0, 0.1) is 0 Å². The highest BCUT2D eigenvalue weighted by atomic mass is 16.5. The fraction of sp³-hybridized carbons (Fsp3) is 0.429. The summed E-state index contributed by atoms with van der Waals surface area (Å²) in [7, 11) is 1.71. The van der Waals surface area contributed by atoms with Gasteiger partial charge in [-0.25, -0.2) is 0 Å². The molecule has 0 radical (unpaired) electrons. The third-order valence-electron chi connectivity index (χ3n) is 3.83. The molecule has 1 aromatic carbocycles. The Morgan fingerprint density at radius 1 is 1.26 bits per heavy atom. The maximum absolute atomic E-state index is 5.92. The normalized spacial score (nSPS) is 17.7. The lowest BCUT2D eigenvalue weighted by atomic mass is 10.0. The zero-order valence-electron chi connectivity index (χ0n) is 10.9. The number of nitrogens with zero attached hydrogens (tertiary/aromatic N) is 2. The molecule has 5 heteroatoms. The highest BCUT2D eigenvalue weighted by Crippen LogP contribution is 2.40. The van der Waals surface area contributed by atoms with Crippen molar-refractivity contribution in [3.05, 3.63) is 30.1 Å². The van der Waals surface area contributed by atoms with Crippen molar-refractivity contribution in [3.8, 4) is 11.5 Å². The van der Waals surface area contributed by atoms with Gasteiger partial charge in [-0.05, 0) is 37.8 Å². The monoisotopic (exact) mass is 259 g/mol. The van der Waals surface area contributed by atoms with E-state index in [9.17, 15) is 0 Å². The van der Waals surface area contributed by atoms with Crippen LogP contribution in [0.2, 0.25) is 0 Å². The SMILES string of the molecule is COC1(c2noc(-c3ccccc3N)n2)CCCC1. The van der Waals surface area contributed by atoms with Crippen LogP contribution in [0.3, 0.4) is 0 Å². The first-order chi connectivity index (χ1) is 9.25. The standard InChI is InChI=1S/C14H17N3O2/c1-18-14(8-4-5-9-14)13-16-12(19-17-13)10-6-2-3-7-11(10)15/h2-3,6-7H,4-5,8-9,15H2,1H3. The number of hydrogen-bond donors (Lipinski definition) is 1. The van der Waals surface area contributed by atoms with E-state index in [2.05, 4.69) is 10.1 Å². The topological polar surface area (TPSA) is 74.2 Å². The molecule has 2 N–H and O–H groups in total. The zero-order chi connectivity index (χ0) is 13.3. The predicted molar refractivity (Wildman–Crippen MR) is 71.3 cm³/mol. The minimum Gasteiger partial charge on any atom is -0.398 e. The minimum absolute atomic E-state index is 0.384. The van der Waals surface area contributed by atoms with Crippen molar-refractivity contribution in [1.29, 1.82) is 0 Å². The van der Waals surface area contributed by atoms with Crippen LogP contribution < -0.4 is 5.73 Å². The maximum atomic E-state index is 5.92. The van der Waals surface area contributed by atoms with Gasteiger partial charge < -0.3 is 15.0 Å².